The molecule has 0 aliphatic carbocycles. The fraction of sp³-hybridized carbons (Fsp3) is 0.357. The lowest BCUT2D eigenvalue weighted by Crippen LogP contribution is -2.34. The molecular weight excluding hydrogens is 277 g/mol. The topological polar surface area (TPSA) is 79.7 Å². The lowest BCUT2D eigenvalue weighted by Gasteiger charge is -2.33. The number of hydrogen-bond donors (Lipinski definition) is 2. The fourth-order valence-electron chi connectivity index (χ4n) is 2.23. The Hall–Kier alpha value is -1.42. The number of ether oxygens (including phenoxy) is 1. The summed E-state index contributed by atoms with van der Waals surface area (Å²) in [5.74, 6) is 0.398. The molecule has 0 bridgehead atoms. The van der Waals surface area contributed by atoms with Crippen molar-refractivity contribution in [2.45, 2.75) is 32.0 Å². The molecule has 1 heterocycles. The van der Waals surface area contributed by atoms with E-state index >= 15 is 0 Å². The first-order valence-corrected chi connectivity index (χ1v) is 8.13. The SMILES string of the molecule is CCC(CC)(Oc1cccc2cccnc12)P(=O)(O)O. The van der Waals surface area contributed by atoms with Crippen LogP contribution >= 0.6 is 7.60 Å². The summed E-state index contributed by atoms with van der Waals surface area (Å²) in [5, 5.41) is -0.629. The van der Waals surface area contributed by atoms with E-state index in [-0.39, 0.29) is 12.8 Å². The number of fused-ring (bicyclic) bond motifs is 1. The summed E-state index contributed by atoms with van der Waals surface area (Å²) in [5.41, 5.74) is 0.606. The highest BCUT2D eigenvalue weighted by molar-refractivity contribution is 7.53. The van der Waals surface area contributed by atoms with Crippen LogP contribution in [-0.4, -0.2) is 20.1 Å². The van der Waals surface area contributed by atoms with Crippen molar-refractivity contribution in [3.63, 3.8) is 0 Å². The van der Waals surface area contributed by atoms with E-state index < -0.39 is 12.9 Å². The molecule has 2 N–H and O–H groups in total. The Morgan fingerprint density at radius 3 is 2.45 bits per heavy atom. The van der Waals surface area contributed by atoms with E-state index in [1.807, 2.05) is 18.2 Å². The molecule has 0 radical (unpaired) electrons. The van der Waals surface area contributed by atoms with E-state index in [4.69, 9.17) is 4.74 Å². The van der Waals surface area contributed by atoms with Crippen LogP contribution in [0.4, 0.5) is 0 Å². The number of para-hydroxylation sites is 1. The van der Waals surface area contributed by atoms with Crippen molar-refractivity contribution in [3.05, 3.63) is 36.5 Å². The van der Waals surface area contributed by atoms with E-state index in [1.54, 1.807) is 32.2 Å². The average molecular weight is 295 g/mol. The van der Waals surface area contributed by atoms with Crippen molar-refractivity contribution in [1.29, 1.82) is 0 Å². The van der Waals surface area contributed by atoms with Crippen LogP contribution in [0.2, 0.25) is 0 Å². The van der Waals surface area contributed by atoms with Crippen LogP contribution in [0.25, 0.3) is 10.9 Å². The van der Waals surface area contributed by atoms with E-state index in [0.29, 0.717) is 11.3 Å². The number of benzene rings is 1. The normalized spacial score (nSPS) is 12.6. The Morgan fingerprint density at radius 1 is 1.20 bits per heavy atom. The Morgan fingerprint density at radius 2 is 1.85 bits per heavy atom. The monoisotopic (exact) mass is 295 g/mol. The van der Waals surface area contributed by atoms with Gasteiger partial charge in [-0.25, -0.2) is 0 Å². The van der Waals surface area contributed by atoms with E-state index in [9.17, 15) is 14.4 Å². The molecule has 20 heavy (non-hydrogen) atoms. The summed E-state index contributed by atoms with van der Waals surface area (Å²) >= 11 is 0. The molecule has 2 aromatic rings. The van der Waals surface area contributed by atoms with Gasteiger partial charge in [-0.2, -0.15) is 0 Å². The zero-order chi connectivity index (χ0) is 14.8. The van der Waals surface area contributed by atoms with Crippen molar-refractivity contribution in [2.24, 2.45) is 0 Å². The molecule has 2 rings (SSSR count). The molecule has 0 saturated carbocycles. The molecule has 1 aromatic carbocycles. The average Bonchev–Trinajstić information content (AvgIpc) is 2.43. The molecule has 0 aliphatic heterocycles. The largest absolute Gasteiger partial charge is 0.472 e. The fourth-order valence-corrected chi connectivity index (χ4v) is 3.27. The molecule has 0 unspecified atom stereocenters. The van der Waals surface area contributed by atoms with Crippen molar-refractivity contribution in [2.75, 3.05) is 0 Å². The zero-order valence-corrected chi connectivity index (χ0v) is 12.4. The van der Waals surface area contributed by atoms with Crippen LogP contribution in [0.1, 0.15) is 26.7 Å². The van der Waals surface area contributed by atoms with E-state index in [0.717, 1.165) is 5.39 Å². The first-order chi connectivity index (χ1) is 9.43. The maximum Gasteiger partial charge on any atom is 0.368 e. The van der Waals surface area contributed by atoms with Crippen molar-refractivity contribution in [3.8, 4) is 5.75 Å². The quantitative estimate of drug-likeness (QED) is 0.827. The molecule has 0 fully saturated rings. The van der Waals surface area contributed by atoms with Gasteiger partial charge in [-0.15, -0.1) is 0 Å². The molecule has 0 amide bonds. The maximum absolute atomic E-state index is 11.8. The van der Waals surface area contributed by atoms with Gasteiger partial charge >= 0.3 is 7.60 Å². The van der Waals surface area contributed by atoms with Gasteiger partial charge in [0.1, 0.15) is 11.3 Å². The second kappa shape index (κ2) is 5.52. The van der Waals surface area contributed by atoms with Gasteiger partial charge in [0.2, 0.25) is 5.34 Å². The number of hydrogen-bond acceptors (Lipinski definition) is 3. The minimum Gasteiger partial charge on any atom is -0.472 e. The third-order valence-electron chi connectivity index (χ3n) is 3.53. The molecule has 0 spiro atoms. The Balaban J connectivity index is 2.52. The van der Waals surface area contributed by atoms with Crippen molar-refractivity contribution < 1.29 is 19.1 Å². The van der Waals surface area contributed by atoms with Crippen molar-refractivity contribution >= 4 is 18.5 Å². The van der Waals surface area contributed by atoms with E-state index in [1.165, 1.54) is 0 Å². The minimum absolute atomic E-state index is 0.219. The molecule has 108 valence electrons. The zero-order valence-electron chi connectivity index (χ0n) is 11.5. The highest BCUT2D eigenvalue weighted by atomic mass is 31.2. The Labute approximate surface area is 117 Å². The number of pyridine rings is 1. The number of aromatic nitrogens is 1. The highest BCUT2D eigenvalue weighted by Crippen LogP contribution is 2.55. The smallest absolute Gasteiger partial charge is 0.368 e. The summed E-state index contributed by atoms with van der Waals surface area (Å²) < 4.78 is 17.6. The van der Waals surface area contributed by atoms with Gasteiger partial charge in [-0.3, -0.25) is 9.55 Å². The van der Waals surface area contributed by atoms with Gasteiger partial charge in [0.25, 0.3) is 0 Å². The first-order valence-electron chi connectivity index (χ1n) is 6.52. The molecule has 1 aromatic heterocycles. The van der Waals surface area contributed by atoms with Gasteiger partial charge in [0, 0.05) is 11.6 Å². The molecule has 0 saturated heterocycles. The van der Waals surface area contributed by atoms with Crippen LogP contribution in [0.3, 0.4) is 0 Å². The Bertz CT molecular complexity index is 643. The lowest BCUT2D eigenvalue weighted by molar-refractivity contribution is 0.110. The summed E-state index contributed by atoms with van der Waals surface area (Å²) in [4.78, 5) is 23.5. The molecule has 6 heteroatoms. The summed E-state index contributed by atoms with van der Waals surface area (Å²) in [6.07, 6.45) is 2.07. The van der Waals surface area contributed by atoms with E-state index in [2.05, 4.69) is 4.98 Å². The first kappa shape index (κ1) is 15.0. The van der Waals surface area contributed by atoms with Crippen LogP contribution in [0, 0.1) is 0 Å². The summed E-state index contributed by atoms with van der Waals surface area (Å²) in [6.45, 7) is 3.42. The van der Waals surface area contributed by atoms with Crippen LogP contribution < -0.4 is 4.74 Å². The van der Waals surface area contributed by atoms with Gasteiger partial charge in [-0.05, 0) is 25.0 Å². The molecule has 5 nitrogen and oxygen atoms in total. The molecular formula is C14H18NO4P. The van der Waals surface area contributed by atoms with Crippen molar-refractivity contribution in [1.82, 2.24) is 4.98 Å². The lowest BCUT2D eigenvalue weighted by atomic mass is 10.2. The molecule has 0 atom stereocenters. The number of rotatable bonds is 5. The second-order valence-electron chi connectivity index (χ2n) is 4.63. The number of nitrogens with zero attached hydrogens (tertiary/aromatic N) is 1. The highest BCUT2D eigenvalue weighted by Gasteiger charge is 2.46. The third-order valence-corrected chi connectivity index (χ3v) is 5.32. The predicted molar refractivity (Wildman–Crippen MR) is 77.7 cm³/mol. The van der Waals surface area contributed by atoms with Gasteiger partial charge in [0.05, 0.1) is 0 Å². The Kier molecular flexibility index (Phi) is 4.14. The summed E-state index contributed by atoms with van der Waals surface area (Å²) in [6, 6.07) is 9.04. The summed E-state index contributed by atoms with van der Waals surface area (Å²) in [7, 11) is -4.40. The van der Waals surface area contributed by atoms with Crippen LogP contribution in [-0.2, 0) is 4.57 Å². The third kappa shape index (κ3) is 2.57. The standard InChI is InChI=1S/C14H18NO4P/c1-3-14(4-2,20(16,17)18)19-12-9-5-7-11-8-6-10-15-13(11)12/h5-10H,3-4H2,1-2H3,(H2,16,17,18). The van der Waals surface area contributed by atoms with Gasteiger partial charge in [-0.1, -0.05) is 32.0 Å². The molecule has 0 aliphatic rings. The predicted octanol–water partition coefficient (Wildman–Crippen LogP) is 3.31. The van der Waals surface area contributed by atoms with Crippen LogP contribution in [0.5, 0.6) is 5.75 Å². The second-order valence-corrected chi connectivity index (χ2v) is 6.53. The minimum atomic E-state index is -4.40. The maximum atomic E-state index is 11.8. The van der Waals surface area contributed by atoms with Gasteiger partial charge < -0.3 is 14.5 Å². The van der Waals surface area contributed by atoms with Crippen LogP contribution in [0.15, 0.2) is 36.5 Å². The van der Waals surface area contributed by atoms with Gasteiger partial charge in [0.15, 0.2) is 0 Å².